The number of aliphatic imine (C=N–C) groups is 1. The molecule has 34 heavy (non-hydrogen) atoms. The topological polar surface area (TPSA) is 91.3 Å². The maximum Gasteiger partial charge on any atom is 0.317 e. The molecule has 1 unspecified atom stereocenters. The number of carbonyl (C=O) groups excluding carboxylic acids is 3. The van der Waals surface area contributed by atoms with Gasteiger partial charge in [-0.05, 0) is 36.6 Å². The first-order chi connectivity index (χ1) is 16.4. The van der Waals surface area contributed by atoms with Crippen molar-refractivity contribution in [3.8, 4) is 5.75 Å². The number of methoxy groups -OCH3 is 3. The number of Topliss-reactive ketones (excluding diaryl/α,β-unsaturated/α-hetero) is 1. The number of rotatable bonds is 5. The van der Waals surface area contributed by atoms with Crippen molar-refractivity contribution in [2.24, 2.45) is 16.8 Å². The van der Waals surface area contributed by atoms with Gasteiger partial charge in [0.2, 0.25) is 0 Å². The molecule has 0 saturated heterocycles. The van der Waals surface area contributed by atoms with Crippen molar-refractivity contribution in [2.75, 3.05) is 21.3 Å². The second-order valence-electron chi connectivity index (χ2n) is 8.45. The largest absolute Gasteiger partial charge is 0.497 e. The van der Waals surface area contributed by atoms with Crippen LogP contribution < -0.4 is 4.74 Å². The third kappa shape index (κ3) is 4.02. The molecule has 4 atom stereocenters. The number of benzene rings is 2. The third-order valence-corrected chi connectivity index (χ3v) is 6.69. The number of ketones is 1. The van der Waals surface area contributed by atoms with E-state index >= 15 is 0 Å². The lowest BCUT2D eigenvalue weighted by Crippen LogP contribution is -2.43. The molecule has 0 N–H and O–H groups in total. The monoisotopic (exact) mass is 461 g/mol. The van der Waals surface area contributed by atoms with E-state index in [0.29, 0.717) is 29.2 Å². The Bertz CT molecular complexity index is 1170. The summed E-state index contributed by atoms with van der Waals surface area (Å²) in [6.07, 6.45) is 0.363. The maximum absolute atomic E-state index is 14.0. The van der Waals surface area contributed by atoms with E-state index in [-0.39, 0.29) is 5.78 Å². The first-order valence-electron chi connectivity index (χ1n) is 11.1. The smallest absolute Gasteiger partial charge is 0.317 e. The van der Waals surface area contributed by atoms with Gasteiger partial charge in [-0.25, -0.2) is 0 Å². The maximum atomic E-state index is 14.0. The molecule has 7 nitrogen and oxygen atoms in total. The minimum atomic E-state index is -1.05. The van der Waals surface area contributed by atoms with Gasteiger partial charge < -0.3 is 14.2 Å². The van der Waals surface area contributed by atoms with E-state index in [9.17, 15) is 14.4 Å². The molecule has 0 fully saturated rings. The van der Waals surface area contributed by atoms with Crippen molar-refractivity contribution in [2.45, 2.75) is 25.2 Å². The van der Waals surface area contributed by atoms with E-state index < -0.39 is 35.6 Å². The fraction of sp³-hybridized carbons (Fsp3) is 0.333. The summed E-state index contributed by atoms with van der Waals surface area (Å²) in [4.78, 5) is 44.5. The lowest BCUT2D eigenvalue weighted by Gasteiger charge is -2.39. The van der Waals surface area contributed by atoms with E-state index in [1.807, 2.05) is 42.5 Å². The summed E-state index contributed by atoms with van der Waals surface area (Å²) in [5, 5.41) is 0. The summed E-state index contributed by atoms with van der Waals surface area (Å²) in [5.41, 5.74) is 3.16. The van der Waals surface area contributed by atoms with Crippen molar-refractivity contribution in [1.29, 1.82) is 0 Å². The van der Waals surface area contributed by atoms with Crippen molar-refractivity contribution < 1.29 is 28.6 Å². The Hall–Kier alpha value is -3.74. The molecule has 0 amide bonds. The fourth-order valence-electron chi connectivity index (χ4n) is 5.07. The lowest BCUT2D eigenvalue weighted by molar-refractivity contribution is -0.150. The molecule has 2 aromatic carbocycles. The van der Waals surface area contributed by atoms with Gasteiger partial charge in [0.25, 0.3) is 0 Å². The Labute approximate surface area is 198 Å². The van der Waals surface area contributed by atoms with E-state index in [2.05, 4.69) is 0 Å². The van der Waals surface area contributed by atoms with Gasteiger partial charge in [0.1, 0.15) is 17.6 Å². The Morgan fingerprint density at radius 1 is 0.853 bits per heavy atom. The van der Waals surface area contributed by atoms with Gasteiger partial charge in [-0.15, -0.1) is 0 Å². The highest BCUT2D eigenvalue weighted by Crippen LogP contribution is 2.49. The van der Waals surface area contributed by atoms with Crippen LogP contribution >= 0.6 is 0 Å². The van der Waals surface area contributed by atoms with Gasteiger partial charge >= 0.3 is 11.9 Å². The summed E-state index contributed by atoms with van der Waals surface area (Å²) in [6.45, 7) is 1.78. The molecular weight excluding hydrogens is 434 g/mol. The minimum Gasteiger partial charge on any atom is -0.497 e. The standard InChI is InChI=1S/C27H27NO6/c1-15-21(26(30)33-3)22(17-8-6-5-7-9-17)24-20(28-15)14-19(23(25(24)29)27(31)34-4)16-10-12-18(32-2)13-11-16/h5-13,19,21-23H,14H2,1-4H3/t19-,21?,22-,23-/m0/s1. The second-order valence-corrected chi connectivity index (χ2v) is 8.45. The number of esters is 2. The quantitative estimate of drug-likeness (QED) is 0.496. The van der Waals surface area contributed by atoms with Gasteiger partial charge in [-0.1, -0.05) is 42.5 Å². The molecule has 4 rings (SSSR count). The van der Waals surface area contributed by atoms with E-state index in [0.717, 1.165) is 11.1 Å². The van der Waals surface area contributed by atoms with Crippen LogP contribution in [0.3, 0.4) is 0 Å². The van der Waals surface area contributed by atoms with Crippen LogP contribution in [0.15, 0.2) is 70.9 Å². The SMILES string of the molecule is COC(=O)C1C(C)=NC2=C(C(=O)[C@@H](C(=O)OC)[C@H](c3ccc(OC)cc3)C2)[C@H]1c1ccccc1. The highest BCUT2D eigenvalue weighted by Gasteiger charge is 2.50. The average molecular weight is 462 g/mol. The first kappa shape index (κ1) is 23.4. The van der Waals surface area contributed by atoms with Crippen molar-refractivity contribution >= 4 is 23.4 Å². The molecule has 176 valence electrons. The van der Waals surface area contributed by atoms with Gasteiger partial charge in [0, 0.05) is 28.8 Å². The van der Waals surface area contributed by atoms with Crippen molar-refractivity contribution in [1.82, 2.24) is 0 Å². The zero-order valence-corrected chi connectivity index (χ0v) is 19.6. The normalized spacial score (nSPS) is 24.1. The van der Waals surface area contributed by atoms with E-state index in [1.54, 1.807) is 26.2 Å². The van der Waals surface area contributed by atoms with Crippen LogP contribution in [0.2, 0.25) is 0 Å². The fourth-order valence-corrected chi connectivity index (χ4v) is 5.07. The molecule has 0 spiro atoms. The molecule has 1 heterocycles. The predicted molar refractivity (Wildman–Crippen MR) is 126 cm³/mol. The van der Waals surface area contributed by atoms with Crippen LogP contribution in [0.25, 0.3) is 0 Å². The zero-order valence-electron chi connectivity index (χ0n) is 19.6. The Balaban J connectivity index is 1.88. The average Bonchev–Trinajstić information content (AvgIpc) is 2.87. The zero-order chi connectivity index (χ0) is 24.4. The highest BCUT2D eigenvalue weighted by molar-refractivity contribution is 6.14. The van der Waals surface area contributed by atoms with Crippen LogP contribution in [0.5, 0.6) is 5.75 Å². The number of hydrogen-bond acceptors (Lipinski definition) is 7. The van der Waals surface area contributed by atoms with Crippen molar-refractivity contribution in [3.05, 3.63) is 77.0 Å². The third-order valence-electron chi connectivity index (χ3n) is 6.69. The summed E-state index contributed by atoms with van der Waals surface area (Å²) >= 11 is 0. The van der Waals surface area contributed by atoms with Crippen LogP contribution in [0.1, 0.15) is 36.3 Å². The van der Waals surface area contributed by atoms with Gasteiger partial charge in [0.05, 0.1) is 21.3 Å². The number of carbonyl (C=O) groups is 3. The van der Waals surface area contributed by atoms with Crippen LogP contribution in [0.4, 0.5) is 0 Å². The minimum absolute atomic E-state index is 0.363. The molecule has 0 aromatic heterocycles. The Morgan fingerprint density at radius 2 is 1.47 bits per heavy atom. The first-order valence-corrected chi connectivity index (χ1v) is 11.1. The van der Waals surface area contributed by atoms with E-state index in [4.69, 9.17) is 19.2 Å². The molecule has 0 saturated carbocycles. The lowest BCUT2D eigenvalue weighted by atomic mass is 9.65. The molecule has 2 aromatic rings. The number of hydrogen-bond donors (Lipinski definition) is 0. The Morgan fingerprint density at radius 3 is 2.06 bits per heavy atom. The van der Waals surface area contributed by atoms with Gasteiger partial charge in [0.15, 0.2) is 5.78 Å². The summed E-state index contributed by atoms with van der Waals surface area (Å²) in [7, 11) is 4.18. The van der Waals surface area contributed by atoms with Crippen LogP contribution in [-0.2, 0) is 23.9 Å². The van der Waals surface area contributed by atoms with Gasteiger partial charge in [-0.3, -0.25) is 19.4 Å². The molecule has 0 bridgehead atoms. The number of ether oxygens (including phenoxy) is 3. The van der Waals surface area contributed by atoms with Crippen LogP contribution in [-0.4, -0.2) is 44.8 Å². The van der Waals surface area contributed by atoms with Gasteiger partial charge in [-0.2, -0.15) is 0 Å². The highest BCUT2D eigenvalue weighted by atomic mass is 16.5. The summed E-state index contributed by atoms with van der Waals surface area (Å²) in [6, 6.07) is 16.6. The molecule has 0 radical (unpaired) electrons. The molecule has 7 heteroatoms. The molecule has 1 aliphatic carbocycles. The van der Waals surface area contributed by atoms with Crippen LogP contribution in [0, 0.1) is 11.8 Å². The molecule has 1 aliphatic heterocycles. The number of nitrogens with zero attached hydrogens (tertiary/aromatic N) is 1. The number of allylic oxidation sites excluding steroid dienone is 2. The van der Waals surface area contributed by atoms with Crippen molar-refractivity contribution in [3.63, 3.8) is 0 Å². The summed E-state index contributed by atoms with van der Waals surface area (Å²) < 4.78 is 15.4. The van der Waals surface area contributed by atoms with E-state index in [1.165, 1.54) is 14.2 Å². The molecular formula is C27H27NO6. The predicted octanol–water partition coefficient (Wildman–Crippen LogP) is 3.84. The second kappa shape index (κ2) is 9.63. The molecule has 2 aliphatic rings. The summed E-state index contributed by atoms with van der Waals surface area (Å²) in [5.74, 6) is -3.62. The Kier molecular flexibility index (Phi) is 6.63.